The minimum atomic E-state index is -1.82. The summed E-state index contributed by atoms with van der Waals surface area (Å²) in [5.41, 5.74) is 0. The lowest BCUT2D eigenvalue weighted by atomic mass is 10.2. The summed E-state index contributed by atoms with van der Waals surface area (Å²) in [6.45, 7) is 0. The van der Waals surface area contributed by atoms with Gasteiger partial charge in [-0.05, 0) is 24.3 Å². The van der Waals surface area contributed by atoms with Crippen molar-refractivity contribution >= 4 is 18.1 Å². The number of hydrogen-bond donors (Lipinski definition) is 2. The van der Waals surface area contributed by atoms with Crippen molar-refractivity contribution in [1.82, 2.24) is 0 Å². The molecule has 0 aliphatic heterocycles. The maximum atomic E-state index is 11.0. The second kappa shape index (κ2) is 4.41. The van der Waals surface area contributed by atoms with Gasteiger partial charge in [-0.25, -0.2) is 0 Å². The largest absolute Gasteiger partial charge is 0.707 e. The lowest BCUT2D eigenvalue weighted by Gasteiger charge is -2.04. The van der Waals surface area contributed by atoms with Crippen LogP contribution in [0.2, 0.25) is 0 Å². The molecule has 0 aromatic heterocycles. The molecular formula is C7H9BO4S. The molecule has 1 aromatic rings. The van der Waals surface area contributed by atoms with Crippen molar-refractivity contribution in [2.45, 2.75) is 4.90 Å². The van der Waals surface area contributed by atoms with E-state index in [-0.39, 0.29) is 0 Å². The van der Waals surface area contributed by atoms with Gasteiger partial charge in [-0.2, -0.15) is 0 Å². The van der Waals surface area contributed by atoms with E-state index in [9.17, 15) is 4.21 Å². The first-order chi connectivity index (χ1) is 6.09. The molecule has 13 heavy (non-hydrogen) atoms. The van der Waals surface area contributed by atoms with E-state index < -0.39 is 18.1 Å². The summed E-state index contributed by atoms with van der Waals surface area (Å²) >= 11 is 0. The van der Waals surface area contributed by atoms with E-state index in [0.29, 0.717) is 10.6 Å². The summed E-state index contributed by atoms with van der Waals surface area (Å²) in [4.78, 5) is 0.666. The molecule has 0 fully saturated rings. The first-order valence-corrected chi connectivity index (χ1v) is 5.11. The van der Waals surface area contributed by atoms with Gasteiger partial charge in [-0.3, -0.25) is 4.21 Å². The van der Waals surface area contributed by atoms with Gasteiger partial charge in [0.05, 0.1) is 0 Å². The summed E-state index contributed by atoms with van der Waals surface area (Å²) in [5, 5.41) is 16.9. The maximum absolute atomic E-state index is 11.0. The fraction of sp³-hybridized carbons (Fsp3) is 0.143. The van der Waals surface area contributed by atoms with Crippen LogP contribution in [0.1, 0.15) is 0 Å². The minimum Gasteiger partial charge on any atom is -0.512 e. The average molecular weight is 200 g/mol. The van der Waals surface area contributed by atoms with Gasteiger partial charge < -0.3 is 14.7 Å². The Kier molecular flexibility index (Phi) is 3.47. The highest BCUT2D eigenvalue weighted by molar-refractivity contribution is 7.84. The molecule has 0 spiro atoms. The molecule has 2 N–H and O–H groups in total. The Morgan fingerprint density at radius 3 is 2.23 bits per heavy atom. The highest BCUT2D eigenvalue weighted by Gasteiger charge is 2.10. The fourth-order valence-electron chi connectivity index (χ4n) is 0.832. The van der Waals surface area contributed by atoms with Crippen molar-refractivity contribution in [2.75, 3.05) is 6.26 Å². The van der Waals surface area contributed by atoms with Crippen LogP contribution in [0.3, 0.4) is 0 Å². The fourth-order valence-corrected chi connectivity index (χ4v) is 1.35. The van der Waals surface area contributed by atoms with Gasteiger partial charge in [0, 0.05) is 22.0 Å². The second-order valence-corrected chi connectivity index (χ2v) is 3.75. The van der Waals surface area contributed by atoms with E-state index in [0.717, 1.165) is 0 Å². The number of benzene rings is 1. The normalized spacial score (nSPS) is 12.2. The summed E-state index contributed by atoms with van der Waals surface area (Å²) in [5.74, 6) is 0.323. The van der Waals surface area contributed by atoms with Crippen molar-refractivity contribution in [1.29, 1.82) is 0 Å². The van der Waals surface area contributed by atoms with E-state index in [1.165, 1.54) is 12.1 Å². The number of hydrogen-bond acceptors (Lipinski definition) is 4. The van der Waals surface area contributed by atoms with Crippen molar-refractivity contribution in [3.8, 4) is 5.75 Å². The molecule has 6 heteroatoms. The molecule has 4 nitrogen and oxygen atoms in total. The molecule has 0 amide bonds. The molecule has 0 heterocycles. The smallest absolute Gasteiger partial charge is 0.512 e. The van der Waals surface area contributed by atoms with Gasteiger partial charge in [0.15, 0.2) is 0 Å². The second-order valence-electron chi connectivity index (χ2n) is 2.37. The van der Waals surface area contributed by atoms with Crippen LogP contribution in [0.5, 0.6) is 5.75 Å². The Hall–Kier alpha value is -0.845. The zero-order valence-electron chi connectivity index (χ0n) is 7.01. The highest BCUT2D eigenvalue weighted by atomic mass is 32.2. The van der Waals surface area contributed by atoms with Crippen molar-refractivity contribution in [2.24, 2.45) is 0 Å². The van der Waals surface area contributed by atoms with E-state index in [2.05, 4.69) is 4.65 Å². The summed E-state index contributed by atoms with van der Waals surface area (Å²) in [6.07, 6.45) is 1.57. The maximum Gasteiger partial charge on any atom is 0.707 e. The Bertz CT molecular complexity index is 298. The average Bonchev–Trinajstić information content (AvgIpc) is 2.04. The molecule has 1 rings (SSSR count). The van der Waals surface area contributed by atoms with Crippen LogP contribution in [0.15, 0.2) is 29.2 Å². The van der Waals surface area contributed by atoms with Crippen LogP contribution in [0, 0.1) is 0 Å². The first-order valence-electron chi connectivity index (χ1n) is 3.56. The monoisotopic (exact) mass is 200 g/mol. The lowest BCUT2D eigenvalue weighted by molar-refractivity contribution is 0.288. The van der Waals surface area contributed by atoms with Gasteiger partial charge in [-0.15, -0.1) is 0 Å². The SMILES string of the molecule is CS(=O)c1ccc(OB(O)O)cc1. The standard InChI is InChI=1S/C7H9BO4S/c1-13(11)7-4-2-6(3-5-7)12-8(9)10/h2-5,9-10H,1H3. The van der Waals surface area contributed by atoms with Gasteiger partial charge in [0.2, 0.25) is 0 Å². The Balaban J connectivity index is 2.75. The highest BCUT2D eigenvalue weighted by Crippen LogP contribution is 2.13. The van der Waals surface area contributed by atoms with Crippen LogP contribution >= 0.6 is 0 Å². The van der Waals surface area contributed by atoms with E-state index in [4.69, 9.17) is 10.0 Å². The van der Waals surface area contributed by atoms with Crippen molar-refractivity contribution < 1.29 is 18.9 Å². The molecule has 0 bridgehead atoms. The predicted octanol–water partition coefficient (Wildman–Crippen LogP) is -0.228. The van der Waals surface area contributed by atoms with Crippen LogP contribution in [-0.4, -0.2) is 27.8 Å². The zero-order valence-corrected chi connectivity index (χ0v) is 7.82. The lowest BCUT2D eigenvalue weighted by Crippen LogP contribution is -2.20. The molecule has 1 atom stereocenters. The molecule has 1 unspecified atom stereocenters. The quantitative estimate of drug-likeness (QED) is 0.661. The minimum absolute atomic E-state index is 0.323. The zero-order chi connectivity index (χ0) is 9.84. The van der Waals surface area contributed by atoms with Gasteiger partial charge in [0.1, 0.15) is 5.75 Å². The van der Waals surface area contributed by atoms with Crippen LogP contribution in [0.4, 0.5) is 0 Å². The molecule has 0 radical (unpaired) electrons. The Morgan fingerprint density at radius 1 is 1.31 bits per heavy atom. The van der Waals surface area contributed by atoms with E-state index in [1.807, 2.05) is 0 Å². The Morgan fingerprint density at radius 2 is 1.85 bits per heavy atom. The molecule has 0 aliphatic carbocycles. The Labute approximate surface area is 78.8 Å². The van der Waals surface area contributed by atoms with Gasteiger partial charge in [-0.1, -0.05) is 0 Å². The molecule has 0 aliphatic rings. The summed E-state index contributed by atoms with van der Waals surface area (Å²) < 4.78 is 15.5. The predicted molar refractivity (Wildman–Crippen MR) is 49.6 cm³/mol. The topological polar surface area (TPSA) is 66.8 Å². The van der Waals surface area contributed by atoms with E-state index >= 15 is 0 Å². The molecule has 0 saturated carbocycles. The molecule has 70 valence electrons. The molecular weight excluding hydrogens is 191 g/mol. The summed E-state index contributed by atoms with van der Waals surface area (Å²) in [7, 11) is -2.85. The van der Waals surface area contributed by atoms with Crippen LogP contribution in [0.25, 0.3) is 0 Å². The molecule has 1 aromatic carbocycles. The first kappa shape index (κ1) is 10.2. The molecule has 0 saturated heterocycles. The third-order valence-electron chi connectivity index (χ3n) is 1.40. The third kappa shape index (κ3) is 3.18. The van der Waals surface area contributed by atoms with Crippen LogP contribution in [-0.2, 0) is 10.8 Å². The number of rotatable bonds is 3. The summed E-state index contributed by atoms with van der Waals surface area (Å²) in [6, 6.07) is 6.26. The van der Waals surface area contributed by atoms with Gasteiger partial charge >= 0.3 is 7.32 Å². The van der Waals surface area contributed by atoms with E-state index in [1.54, 1.807) is 18.4 Å². The van der Waals surface area contributed by atoms with Crippen molar-refractivity contribution in [3.63, 3.8) is 0 Å². The van der Waals surface area contributed by atoms with Crippen molar-refractivity contribution in [3.05, 3.63) is 24.3 Å². The van der Waals surface area contributed by atoms with Crippen LogP contribution < -0.4 is 4.65 Å². The van der Waals surface area contributed by atoms with Gasteiger partial charge in [0.25, 0.3) is 0 Å². The third-order valence-corrected chi connectivity index (χ3v) is 2.33.